The number of thiophene rings is 1. The monoisotopic (exact) mass is 303 g/mol. The summed E-state index contributed by atoms with van der Waals surface area (Å²) in [6.45, 7) is 3.16. The molecule has 0 atom stereocenters. The second kappa shape index (κ2) is 5.47. The molecule has 0 amide bonds. The molecule has 0 radical (unpaired) electrons. The number of hydrogen-bond acceptors (Lipinski definition) is 2. The Balaban J connectivity index is 1.98. The minimum Gasteiger partial charge on any atom is -0.341 e. The predicted octanol–water partition coefficient (Wildman–Crippen LogP) is 6.21. The van der Waals surface area contributed by atoms with Crippen molar-refractivity contribution in [2.45, 2.75) is 6.92 Å². The predicted molar refractivity (Wildman–Crippen MR) is 98.5 cm³/mol. The van der Waals surface area contributed by atoms with E-state index in [1.807, 2.05) is 11.3 Å². The van der Waals surface area contributed by atoms with Crippen LogP contribution < -0.4 is 4.90 Å². The molecule has 0 aliphatic carbocycles. The summed E-state index contributed by atoms with van der Waals surface area (Å²) in [5, 5.41) is 2.71. The molecule has 0 N–H and O–H groups in total. The Hall–Kier alpha value is -2.32. The first kappa shape index (κ1) is 13.4. The van der Waals surface area contributed by atoms with Gasteiger partial charge in [-0.25, -0.2) is 0 Å². The molecule has 4 aromatic rings. The third-order valence-electron chi connectivity index (χ3n) is 4.06. The zero-order chi connectivity index (χ0) is 14.9. The summed E-state index contributed by atoms with van der Waals surface area (Å²) < 4.78 is 2.73. The van der Waals surface area contributed by atoms with Gasteiger partial charge in [0.05, 0.1) is 10.4 Å². The molecule has 108 valence electrons. The summed E-state index contributed by atoms with van der Waals surface area (Å²) in [6.07, 6.45) is 0. The van der Waals surface area contributed by atoms with Gasteiger partial charge in [-0.05, 0) is 31.2 Å². The molecule has 0 bridgehead atoms. The molecule has 3 aromatic carbocycles. The minimum atomic E-state index is 0.956. The van der Waals surface area contributed by atoms with Gasteiger partial charge in [0.2, 0.25) is 0 Å². The summed E-state index contributed by atoms with van der Waals surface area (Å²) in [7, 11) is 0. The van der Waals surface area contributed by atoms with Crippen molar-refractivity contribution in [1.29, 1.82) is 0 Å². The Morgan fingerprint density at radius 2 is 1.50 bits per heavy atom. The number of nitrogens with zero attached hydrogens (tertiary/aromatic N) is 1. The normalized spacial score (nSPS) is 11.1. The highest BCUT2D eigenvalue weighted by molar-refractivity contribution is 7.26. The van der Waals surface area contributed by atoms with E-state index in [1.165, 1.54) is 31.5 Å². The lowest BCUT2D eigenvalue weighted by Gasteiger charge is -2.23. The fourth-order valence-corrected chi connectivity index (χ4v) is 4.27. The number of para-hydroxylation sites is 1. The van der Waals surface area contributed by atoms with Crippen LogP contribution in [0.3, 0.4) is 0 Å². The first-order valence-corrected chi connectivity index (χ1v) is 8.43. The largest absolute Gasteiger partial charge is 0.341 e. The number of rotatable bonds is 3. The van der Waals surface area contributed by atoms with Crippen molar-refractivity contribution < 1.29 is 0 Å². The molecule has 1 aromatic heterocycles. The van der Waals surface area contributed by atoms with Crippen molar-refractivity contribution in [3.63, 3.8) is 0 Å². The van der Waals surface area contributed by atoms with E-state index in [9.17, 15) is 0 Å². The van der Waals surface area contributed by atoms with Crippen LogP contribution in [0.1, 0.15) is 6.92 Å². The van der Waals surface area contributed by atoms with Crippen LogP contribution >= 0.6 is 11.3 Å². The molecule has 0 aliphatic heterocycles. The highest BCUT2D eigenvalue weighted by atomic mass is 32.1. The van der Waals surface area contributed by atoms with E-state index in [2.05, 4.69) is 84.6 Å². The van der Waals surface area contributed by atoms with E-state index in [0.717, 1.165) is 6.54 Å². The Morgan fingerprint density at radius 1 is 0.773 bits per heavy atom. The maximum atomic E-state index is 2.39. The smallest absolute Gasteiger partial charge is 0.0592 e. The molecule has 0 saturated heterocycles. The molecular formula is C20H17NS. The summed E-state index contributed by atoms with van der Waals surface area (Å²) in [5.74, 6) is 0. The van der Waals surface area contributed by atoms with Crippen LogP contribution in [0, 0.1) is 0 Å². The lowest BCUT2D eigenvalue weighted by molar-refractivity contribution is 1.03. The maximum Gasteiger partial charge on any atom is 0.0592 e. The van der Waals surface area contributed by atoms with Gasteiger partial charge in [-0.15, -0.1) is 11.3 Å². The summed E-state index contributed by atoms with van der Waals surface area (Å²) in [4.78, 5) is 2.39. The van der Waals surface area contributed by atoms with Gasteiger partial charge >= 0.3 is 0 Å². The molecule has 0 spiro atoms. The van der Waals surface area contributed by atoms with Gasteiger partial charge in [-0.1, -0.05) is 48.5 Å². The lowest BCUT2D eigenvalue weighted by Crippen LogP contribution is -2.15. The third kappa shape index (κ3) is 2.08. The van der Waals surface area contributed by atoms with Gasteiger partial charge in [0.25, 0.3) is 0 Å². The van der Waals surface area contributed by atoms with Crippen molar-refractivity contribution in [2.75, 3.05) is 11.4 Å². The van der Waals surface area contributed by atoms with Crippen molar-refractivity contribution in [3.05, 3.63) is 72.8 Å². The first-order valence-electron chi connectivity index (χ1n) is 7.61. The van der Waals surface area contributed by atoms with Gasteiger partial charge in [0.15, 0.2) is 0 Å². The number of hydrogen-bond donors (Lipinski definition) is 0. The van der Waals surface area contributed by atoms with Gasteiger partial charge in [0.1, 0.15) is 0 Å². The van der Waals surface area contributed by atoms with Gasteiger partial charge in [-0.2, -0.15) is 0 Å². The Labute approximate surface area is 134 Å². The zero-order valence-corrected chi connectivity index (χ0v) is 13.3. The van der Waals surface area contributed by atoms with Crippen molar-refractivity contribution in [2.24, 2.45) is 0 Å². The van der Waals surface area contributed by atoms with Crippen molar-refractivity contribution in [3.8, 4) is 0 Å². The quantitative estimate of drug-likeness (QED) is 0.435. The highest BCUT2D eigenvalue weighted by Gasteiger charge is 2.13. The average Bonchev–Trinajstić information content (AvgIpc) is 2.96. The van der Waals surface area contributed by atoms with E-state index < -0.39 is 0 Å². The summed E-state index contributed by atoms with van der Waals surface area (Å²) >= 11 is 1.88. The van der Waals surface area contributed by atoms with Crippen LogP contribution in [0.4, 0.5) is 11.4 Å². The van der Waals surface area contributed by atoms with Crippen LogP contribution in [0.2, 0.25) is 0 Å². The Kier molecular flexibility index (Phi) is 3.32. The lowest BCUT2D eigenvalue weighted by atomic mass is 10.1. The van der Waals surface area contributed by atoms with E-state index >= 15 is 0 Å². The summed E-state index contributed by atoms with van der Waals surface area (Å²) in [6, 6.07) is 25.9. The topological polar surface area (TPSA) is 3.24 Å². The summed E-state index contributed by atoms with van der Waals surface area (Å²) in [5.41, 5.74) is 2.54. The third-order valence-corrected chi connectivity index (χ3v) is 5.27. The van der Waals surface area contributed by atoms with Crippen molar-refractivity contribution >= 4 is 42.9 Å². The number of benzene rings is 3. The standard InChI is InChI=1S/C20H17NS/c1-2-21(15-9-4-3-5-10-15)18-13-8-12-17-16-11-6-7-14-19(16)22-20(17)18/h3-14H,2H2,1H3. The number of anilines is 2. The van der Waals surface area contributed by atoms with E-state index in [4.69, 9.17) is 0 Å². The average molecular weight is 303 g/mol. The molecule has 2 heteroatoms. The Bertz CT molecular complexity index is 924. The molecule has 0 saturated carbocycles. The second-order valence-corrected chi connectivity index (χ2v) is 6.38. The van der Waals surface area contributed by atoms with Crippen LogP contribution in [0.5, 0.6) is 0 Å². The molecule has 4 rings (SSSR count). The highest BCUT2D eigenvalue weighted by Crippen LogP contribution is 2.41. The van der Waals surface area contributed by atoms with Gasteiger partial charge < -0.3 is 4.90 Å². The number of fused-ring (bicyclic) bond motifs is 3. The second-order valence-electron chi connectivity index (χ2n) is 5.33. The van der Waals surface area contributed by atoms with Crippen LogP contribution in [0.15, 0.2) is 72.8 Å². The fraction of sp³-hybridized carbons (Fsp3) is 0.100. The SMILES string of the molecule is CCN(c1ccccc1)c1cccc2c1sc1ccccc12. The van der Waals surface area contributed by atoms with Gasteiger partial charge in [-0.3, -0.25) is 0 Å². The van der Waals surface area contributed by atoms with Crippen molar-refractivity contribution in [1.82, 2.24) is 0 Å². The van der Waals surface area contributed by atoms with E-state index in [1.54, 1.807) is 0 Å². The minimum absolute atomic E-state index is 0.956. The fourth-order valence-electron chi connectivity index (χ4n) is 3.04. The maximum absolute atomic E-state index is 2.39. The first-order chi connectivity index (χ1) is 10.9. The molecule has 22 heavy (non-hydrogen) atoms. The van der Waals surface area contributed by atoms with E-state index in [-0.39, 0.29) is 0 Å². The molecule has 0 aliphatic rings. The zero-order valence-electron chi connectivity index (χ0n) is 12.5. The molecule has 0 unspecified atom stereocenters. The van der Waals surface area contributed by atoms with Crippen LogP contribution in [-0.4, -0.2) is 6.54 Å². The van der Waals surface area contributed by atoms with E-state index in [0.29, 0.717) is 0 Å². The van der Waals surface area contributed by atoms with Crippen LogP contribution in [-0.2, 0) is 0 Å². The molecule has 1 nitrogen and oxygen atoms in total. The van der Waals surface area contributed by atoms with Gasteiger partial charge in [0, 0.05) is 27.7 Å². The van der Waals surface area contributed by atoms with Crippen LogP contribution in [0.25, 0.3) is 20.2 Å². The molecular weight excluding hydrogens is 286 g/mol. The molecule has 1 heterocycles. The Morgan fingerprint density at radius 3 is 2.32 bits per heavy atom. The molecule has 0 fully saturated rings.